The molecule has 0 saturated carbocycles. The highest BCUT2D eigenvalue weighted by Crippen LogP contribution is 2.50. The molecule has 1 aliphatic rings. The molecule has 39 heavy (non-hydrogen) atoms. The molecule has 0 amide bonds. The van der Waals surface area contributed by atoms with Crippen molar-refractivity contribution in [3.05, 3.63) is 60.4 Å². The lowest BCUT2D eigenvalue weighted by molar-refractivity contribution is -0.149. The van der Waals surface area contributed by atoms with Crippen molar-refractivity contribution in [3.8, 4) is 11.8 Å². The van der Waals surface area contributed by atoms with E-state index in [1.165, 1.54) is 13.1 Å². The van der Waals surface area contributed by atoms with E-state index in [1.807, 2.05) is 0 Å². The second kappa shape index (κ2) is 11.3. The van der Waals surface area contributed by atoms with Crippen LogP contribution in [0.2, 0.25) is 0 Å². The molecule has 4 N–H and O–H groups in total. The Morgan fingerprint density at radius 1 is 1.28 bits per heavy atom. The lowest BCUT2D eigenvalue weighted by Crippen LogP contribution is -2.39. The molecule has 0 bridgehead atoms. The van der Waals surface area contributed by atoms with Gasteiger partial charge in [-0.1, -0.05) is 18.2 Å². The van der Waals surface area contributed by atoms with Gasteiger partial charge in [0.25, 0.3) is 0 Å². The van der Waals surface area contributed by atoms with Gasteiger partial charge in [0.1, 0.15) is 35.5 Å². The summed E-state index contributed by atoms with van der Waals surface area (Å²) in [5.74, 6) is -0.416. The van der Waals surface area contributed by atoms with E-state index in [2.05, 4.69) is 16.3 Å². The Labute approximate surface area is 226 Å². The van der Waals surface area contributed by atoms with Crippen molar-refractivity contribution in [1.82, 2.24) is 14.7 Å². The van der Waals surface area contributed by atoms with E-state index in [4.69, 9.17) is 24.3 Å². The number of nitrogen functional groups attached to an aromatic ring is 1. The molecule has 13 heteroatoms. The molecule has 208 valence electrons. The van der Waals surface area contributed by atoms with Gasteiger partial charge in [-0.25, -0.2) is 9.08 Å². The summed E-state index contributed by atoms with van der Waals surface area (Å²) >= 11 is 0. The molecule has 1 aromatic carbocycles. The molecule has 0 radical (unpaired) electrons. The van der Waals surface area contributed by atoms with Crippen LogP contribution in [-0.4, -0.2) is 51.7 Å². The summed E-state index contributed by atoms with van der Waals surface area (Å²) in [6, 6.07) is 14.5. The lowest BCUT2D eigenvalue weighted by Gasteiger charge is -2.26. The number of hydrogen-bond donors (Lipinski definition) is 3. The average molecular weight is 558 g/mol. The Hall–Kier alpha value is -3.46. The van der Waals surface area contributed by atoms with Crippen LogP contribution in [-0.2, 0) is 23.4 Å². The number of benzene rings is 1. The third-order valence-corrected chi connectivity index (χ3v) is 8.03. The number of fused-ring (bicyclic) bond motifs is 1. The second-order valence-corrected chi connectivity index (χ2v) is 11.5. The average Bonchev–Trinajstić information content (AvgIpc) is 3.43. The number of nitrogens with one attached hydrogen (secondary N) is 1. The number of aliphatic hydroxyl groups is 1. The zero-order chi connectivity index (χ0) is 28.4. The number of rotatable bonds is 10. The summed E-state index contributed by atoms with van der Waals surface area (Å²) in [5.41, 5.74) is 6.27. The van der Waals surface area contributed by atoms with Crippen LogP contribution in [0.5, 0.6) is 5.75 Å². The zero-order valence-electron chi connectivity index (χ0n) is 22.1. The quantitative estimate of drug-likeness (QED) is 0.247. The predicted molar refractivity (Wildman–Crippen MR) is 141 cm³/mol. The largest absolute Gasteiger partial charge is 0.462 e. The van der Waals surface area contributed by atoms with Crippen molar-refractivity contribution in [2.45, 2.75) is 58.2 Å². The van der Waals surface area contributed by atoms with Gasteiger partial charge in [0.15, 0.2) is 0 Å². The highest BCUT2D eigenvalue weighted by molar-refractivity contribution is 7.52. The molecular weight excluding hydrogens is 525 g/mol. The summed E-state index contributed by atoms with van der Waals surface area (Å²) in [5, 5.41) is 28.1. The van der Waals surface area contributed by atoms with Crippen LogP contribution < -0.4 is 15.3 Å². The Balaban J connectivity index is 1.57. The Bertz CT molecular complexity index is 1410. The van der Waals surface area contributed by atoms with E-state index in [0.29, 0.717) is 16.9 Å². The fraction of sp³-hybridized carbons (Fsp3) is 0.423. The number of hydrogen-bond acceptors (Lipinski definition) is 10. The highest BCUT2D eigenvalue weighted by Gasteiger charge is 2.55. The number of aliphatic hydroxyl groups excluding tert-OH is 1. The smallest absolute Gasteiger partial charge is 0.459 e. The lowest BCUT2D eigenvalue weighted by atomic mass is 9.79. The van der Waals surface area contributed by atoms with Crippen LogP contribution in [0, 0.1) is 16.7 Å². The van der Waals surface area contributed by atoms with Crippen LogP contribution >= 0.6 is 7.75 Å². The third kappa shape index (κ3) is 5.93. The number of nitrogens with two attached hydrogens (primary N) is 1. The topological polar surface area (TPSA) is 170 Å². The number of aromatic nitrogens is 2. The van der Waals surface area contributed by atoms with Gasteiger partial charge in [0.05, 0.1) is 35.7 Å². The summed E-state index contributed by atoms with van der Waals surface area (Å²) in [6.07, 6.45) is -2.17. The minimum atomic E-state index is -4.21. The van der Waals surface area contributed by atoms with Crippen molar-refractivity contribution in [3.63, 3.8) is 0 Å². The normalized spacial score (nSPS) is 25.2. The Kier molecular flexibility index (Phi) is 8.30. The summed E-state index contributed by atoms with van der Waals surface area (Å²) in [4.78, 5) is 12.4. The molecule has 6 atom stereocenters. The SMILES string of the molecule is CC(C)OC(=O)[C@H](C)N[P@](=O)(OC[C@H]1O[C@@H](c2ccc3c(N)ccnn23)[C@](C)(C#N)[C@@H]1O)Oc1ccccc1. The molecule has 2 aromatic heterocycles. The molecular formula is C26H32N5O7P. The first-order valence-electron chi connectivity index (χ1n) is 12.4. The molecule has 1 aliphatic heterocycles. The van der Waals surface area contributed by atoms with Crippen molar-refractivity contribution >= 4 is 24.9 Å². The zero-order valence-corrected chi connectivity index (χ0v) is 22.9. The third-order valence-electron chi connectivity index (χ3n) is 6.38. The maximum atomic E-state index is 13.8. The van der Waals surface area contributed by atoms with E-state index >= 15 is 0 Å². The molecule has 3 heterocycles. The van der Waals surface area contributed by atoms with Gasteiger partial charge < -0.3 is 24.8 Å². The molecule has 1 saturated heterocycles. The Morgan fingerprint density at radius 3 is 2.67 bits per heavy atom. The van der Waals surface area contributed by atoms with Gasteiger partial charge in [-0.2, -0.15) is 15.4 Å². The number of anilines is 1. The first-order chi connectivity index (χ1) is 18.5. The van der Waals surface area contributed by atoms with Crippen molar-refractivity contribution in [1.29, 1.82) is 5.26 Å². The van der Waals surface area contributed by atoms with E-state index in [-0.39, 0.29) is 11.9 Å². The predicted octanol–water partition coefficient (Wildman–Crippen LogP) is 3.38. The van der Waals surface area contributed by atoms with Crippen LogP contribution in [0.25, 0.3) is 5.52 Å². The molecule has 1 fully saturated rings. The first kappa shape index (κ1) is 28.5. The maximum absolute atomic E-state index is 13.8. The molecule has 0 unspecified atom stereocenters. The number of carbonyl (C=O) groups excluding carboxylic acids is 1. The highest BCUT2D eigenvalue weighted by atomic mass is 31.2. The minimum absolute atomic E-state index is 0.230. The standard InChI is InChI=1S/C26H32N5O7P/c1-16(2)36-25(33)17(3)30-39(34,38-18-8-6-5-7-9-18)35-14-22-23(32)26(4,15-27)24(37-22)21-11-10-20-19(28)12-13-29-31(20)21/h5-13,16-17,22-24,32H,14,28H2,1-4H3,(H,30,34)/t17-,22+,23+,24-,26+,39-/m0/s1. The molecule has 3 aromatic rings. The van der Waals surface area contributed by atoms with Crippen LogP contribution in [0.4, 0.5) is 5.69 Å². The molecule has 0 aliphatic carbocycles. The number of nitrogens with zero attached hydrogens (tertiary/aromatic N) is 3. The van der Waals surface area contributed by atoms with Gasteiger partial charge in [-0.15, -0.1) is 0 Å². The minimum Gasteiger partial charge on any atom is -0.462 e. The van der Waals surface area contributed by atoms with Crippen molar-refractivity contribution in [2.24, 2.45) is 5.41 Å². The van der Waals surface area contributed by atoms with Crippen LogP contribution in [0.3, 0.4) is 0 Å². The summed E-state index contributed by atoms with van der Waals surface area (Å²) in [7, 11) is -4.21. The Morgan fingerprint density at radius 2 is 2.00 bits per heavy atom. The van der Waals surface area contributed by atoms with E-state index < -0.39 is 50.1 Å². The molecule has 0 spiro atoms. The van der Waals surface area contributed by atoms with Gasteiger partial charge in [-0.05, 0) is 58.0 Å². The summed E-state index contributed by atoms with van der Waals surface area (Å²) < 4.78 is 38.0. The number of para-hydroxylation sites is 1. The van der Waals surface area contributed by atoms with Gasteiger partial charge in [0, 0.05) is 6.20 Å². The maximum Gasteiger partial charge on any atom is 0.459 e. The molecule has 4 rings (SSSR count). The monoisotopic (exact) mass is 557 g/mol. The van der Waals surface area contributed by atoms with Crippen LogP contribution in [0.1, 0.15) is 39.5 Å². The van der Waals surface area contributed by atoms with Crippen LogP contribution in [0.15, 0.2) is 54.7 Å². The fourth-order valence-electron chi connectivity index (χ4n) is 4.33. The number of esters is 1. The van der Waals surface area contributed by atoms with Gasteiger partial charge in [0.2, 0.25) is 0 Å². The fourth-order valence-corrected chi connectivity index (χ4v) is 5.83. The number of ether oxygens (including phenoxy) is 2. The number of nitriles is 1. The van der Waals surface area contributed by atoms with E-state index in [1.54, 1.807) is 73.8 Å². The molecule has 12 nitrogen and oxygen atoms in total. The van der Waals surface area contributed by atoms with Crippen molar-refractivity contribution < 1.29 is 33.0 Å². The summed E-state index contributed by atoms with van der Waals surface area (Å²) in [6.45, 7) is 6.00. The van der Waals surface area contributed by atoms with Crippen molar-refractivity contribution in [2.75, 3.05) is 12.3 Å². The van der Waals surface area contributed by atoms with Gasteiger partial charge >= 0.3 is 13.7 Å². The van der Waals surface area contributed by atoms with Gasteiger partial charge in [-0.3, -0.25) is 9.32 Å². The first-order valence-corrected chi connectivity index (χ1v) is 14.0. The van der Waals surface area contributed by atoms with E-state index in [0.717, 1.165) is 0 Å². The van der Waals surface area contributed by atoms with E-state index in [9.17, 15) is 19.7 Å². The second-order valence-electron chi connectivity index (χ2n) is 9.77. The number of carbonyl (C=O) groups is 1.